The molecule has 0 bridgehead atoms. The maximum absolute atomic E-state index is 12.6. The van der Waals surface area contributed by atoms with Gasteiger partial charge in [0.25, 0.3) is 5.88 Å². The molecule has 4 rings (SSSR count). The Balaban J connectivity index is 1.67. The molecule has 33 heavy (non-hydrogen) atoms. The lowest BCUT2D eigenvalue weighted by Crippen LogP contribution is -2.25. The molecule has 1 aromatic heterocycles. The van der Waals surface area contributed by atoms with Crippen molar-refractivity contribution in [3.05, 3.63) is 66.9 Å². The highest BCUT2D eigenvalue weighted by atomic mass is 16.5. The number of nitrogens with zero attached hydrogens (tertiary/aromatic N) is 3. The molecule has 2 aromatic carbocycles. The van der Waals surface area contributed by atoms with Crippen molar-refractivity contribution < 1.29 is 19.1 Å². The van der Waals surface area contributed by atoms with Crippen molar-refractivity contribution in [2.45, 2.75) is 13.3 Å². The van der Waals surface area contributed by atoms with Gasteiger partial charge >= 0.3 is 0 Å². The predicted octanol–water partition coefficient (Wildman–Crippen LogP) is 4.05. The number of ether oxygens (including phenoxy) is 2. The zero-order valence-corrected chi connectivity index (χ0v) is 18.3. The molecule has 0 fully saturated rings. The van der Waals surface area contributed by atoms with E-state index in [1.165, 1.54) is 31.2 Å². The number of fused-ring (bicyclic) bond motifs is 1. The van der Waals surface area contributed by atoms with Gasteiger partial charge in [-0.1, -0.05) is 12.6 Å². The quantitative estimate of drug-likeness (QED) is 0.529. The highest BCUT2D eigenvalue weighted by molar-refractivity contribution is 5.99. The molecule has 9 heteroatoms. The number of methoxy groups -OCH3 is 1. The van der Waals surface area contributed by atoms with Gasteiger partial charge in [-0.05, 0) is 48.4 Å². The van der Waals surface area contributed by atoms with Gasteiger partial charge in [0.15, 0.2) is 5.75 Å². The van der Waals surface area contributed by atoms with Crippen LogP contribution in [0.2, 0.25) is 0 Å². The van der Waals surface area contributed by atoms with E-state index in [1.807, 2.05) is 18.2 Å². The van der Waals surface area contributed by atoms with Gasteiger partial charge in [0.1, 0.15) is 5.75 Å². The zero-order chi connectivity index (χ0) is 23.4. The smallest absolute Gasteiger partial charge is 0.267 e. The number of hydrogen-bond donors (Lipinski definition) is 2. The van der Waals surface area contributed by atoms with Gasteiger partial charge in [-0.3, -0.25) is 9.59 Å². The topological polar surface area (TPSA) is 106 Å². The Morgan fingerprint density at radius 3 is 2.85 bits per heavy atom. The molecule has 0 atom stereocenters. The SMILES string of the molecule is C=CC(=O)Nc1cccc(Oc2nc(N(C(C)=O)c3ccc4c(c3)CCN4)ncc2OC)c1. The first-order valence-corrected chi connectivity index (χ1v) is 10.3. The van der Waals surface area contributed by atoms with Crippen LogP contribution in [0.15, 0.2) is 61.3 Å². The van der Waals surface area contributed by atoms with Crippen molar-refractivity contribution in [1.29, 1.82) is 0 Å². The van der Waals surface area contributed by atoms with Crippen molar-refractivity contribution in [2.24, 2.45) is 0 Å². The number of carbonyl (C=O) groups excluding carboxylic acids is 2. The summed E-state index contributed by atoms with van der Waals surface area (Å²) >= 11 is 0. The summed E-state index contributed by atoms with van der Waals surface area (Å²) in [5, 5.41) is 5.98. The number of benzene rings is 2. The van der Waals surface area contributed by atoms with Gasteiger partial charge in [0.05, 0.1) is 19.0 Å². The molecule has 168 valence electrons. The minimum absolute atomic E-state index is 0.128. The van der Waals surface area contributed by atoms with Crippen LogP contribution in [0.5, 0.6) is 17.4 Å². The molecule has 2 heterocycles. The molecular weight excluding hydrogens is 422 g/mol. The lowest BCUT2D eigenvalue weighted by molar-refractivity contribution is -0.116. The Hall–Kier alpha value is -4.40. The third-order valence-corrected chi connectivity index (χ3v) is 5.00. The Labute approximate surface area is 191 Å². The van der Waals surface area contributed by atoms with E-state index in [0.717, 1.165) is 24.2 Å². The monoisotopic (exact) mass is 445 g/mol. The summed E-state index contributed by atoms with van der Waals surface area (Å²) in [5.41, 5.74) is 3.38. The van der Waals surface area contributed by atoms with Crippen LogP contribution in [0.25, 0.3) is 0 Å². The number of anilines is 4. The molecule has 0 saturated carbocycles. The fourth-order valence-electron chi connectivity index (χ4n) is 3.48. The van der Waals surface area contributed by atoms with E-state index >= 15 is 0 Å². The summed E-state index contributed by atoms with van der Waals surface area (Å²) in [7, 11) is 1.47. The highest BCUT2D eigenvalue weighted by Crippen LogP contribution is 2.34. The minimum Gasteiger partial charge on any atom is -0.490 e. The zero-order valence-electron chi connectivity index (χ0n) is 18.3. The molecular formula is C24H23N5O4. The van der Waals surface area contributed by atoms with Crippen LogP contribution in [-0.2, 0) is 16.0 Å². The van der Waals surface area contributed by atoms with Crippen LogP contribution < -0.4 is 25.0 Å². The van der Waals surface area contributed by atoms with E-state index in [2.05, 4.69) is 27.2 Å². The van der Waals surface area contributed by atoms with Gasteiger partial charge in [-0.15, -0.1) is 0 Å². The summed E-state index contributed by atoms with van der Waals surface area (Å²) in [6, 6.07) is 12.5. The lowest BCUT2D eigenvalue weighted by atomic mass is 10.1. The van der Waals surface area contributed by atoms with E-state index in [9.17, 15) is 9.59 Å². The number of nitrogens with one attached hydrogen (secondary N) is 2. The average molecular weight is 445 g/mol. The summed E-state index contributed by atoms with van der Waals surface area (Å²) in [4.78, 5) is 34.3. The molecule has 0 unspecified atom stereocenters. The first kappa shape index (κ1) is 21.8. The van der Waals surface area contributed by atoms with Crippen LogP contribution in [-0.4, -0.2) is 35.4 Å². The summed E-state index contributed by atoms with van der Waals surface area (Å²) in [6.07, 6.45) is 3.51. The third-order valence-electron chi connectivity index (χ3n) is 5.00. The second-order valence-electron chi connectivity index (χ2n) is 7.24. The van der Waals surface area contributed by atoms with Crippen LogP contribution in [0, 0.1) is 0 Å². The van der Waals surface area contributed by atoms with E-state index in [1.54, 1.807) is 24.3 Å². The lowest BCUT2D eigenvalue weighted by Gasteiger charge is -2.21. The standard InChI is InChI=1S/C24H23N5O4/c1-4-22(31)27-17-6-5-7-19(13-17)33-23-21(32-3)14-26-24(28-23)29(15(2)30)18-8-9-20-16(12-18)10-11-25-20/h4-9,12-14,25H,1,10-11H2,2-3H3,(H,27,31). The van der Waals surface area contributed by atoms with Crippen molar-refractivity contribution in [2.75, 3.05) is 29.2 Å². The summed E-state index contributed by atoms with van der Waals surface area (Å²) in [5.74, 6) is 0.407. The number of carbonyl (C=O) groups is 2. The van der Waals surface area contributed by atoms with E-state index < -0.39 is 0 Å². The second kappa shape index (κ2) is 9.39. The van der Waals surface area contributed by atoms with Crippen LogP contribution in [0.1, 0.15) is 12.5 Å². The van der Waals surface area contributed by atoms with Gasteiger partial charge < -0.3 is 20.1 Å². The summed E-state index contributed by atoms with van der Waals surface area (Å²) in [6.45, 7) is 5.75. The first-order valence-electron chi connectivity index (χ1n) is 10.3. The van der Waals surface area contributed by atoms with Gasteiger partial charge in [0.2, 0.25) is 17.8 Å². The Morgan fingerprint density at radius 1 is 1.24 bits per heavy atom. The van der Waals surface area contributed by atoms with E-state index in [0.29, 0.717) is 22.9 Å². The number of amides is 2. The molecule has 9 nitrogen and oxygen atoms in total. The Morgan fingerprint density at radius 2 is 2.09 bits per heavy atom. The van der Waals surface area contributed by atoms with Gasteiger partial charge in [-0.25, -0.2) is 9.88 Å². The highest BCUT2D eigenvalue weighted by Gasteiger charge is 2.22. The van der Waals surface area contributed by atoms with E-state index in [-0.39, 0.29) is 23.6 Å². The second-order valence-corrected chi connectivity index (χ2v) is 7.24. The largest absolute Gasteiger partial charge is 0.490 e. The van der Waals surface area contributed by atoms with E-state index in [4.69, 9.17) is 9.47 Å². The normalized spacial score (nSPS) is 11.7. The van der Waals surface area contributed by atoms with Crippen molar-refractivity contribution in [1.82, 2.24) is 9.97 Å². The molecule has 1 aliphatic rings. The molecule has 3 aromatic rings. The number of rotatable bonds is 7. The molecule has 2 N–H and O–H groups in total. The Kier molecular flexibility index (Phi) is 6.21. The fourth-order valence-corrected chi connectivity index (χ4v) is 3.48. The number of hydrogen-bond acceptors (Lipinski definition) is 7. The molecule has 0 spiro atoms. The molecule has 2 amide bonds. The predicted molar refractivity (Wildman–Crippen MR) is 125 cm³/mol. The van der Waals surface area contributed by atoms with Crippen molar-refractivity contribution >= 4 is 34.8 Å². The van der Waals surface area contributed by atoms with Crippen molar-refractivity contribution in [3.8, 4) is 17.4 Å². The van der Waals surface area contributed by atoms with Gasteiger partial charge in [-0.2, -0.15) is 4.98 Å². The van der Waals surface area contributed by atoms with Crippen LogP contribution >= 0.6 is 0 Å². The Bertz CT molecular complexity index is 1230. The molecule has 1 aliphatic heterocycles. The number of aromatic nitrogens is 2. The maximum atomic E-state index is 12.6. The first-order chi connectivity index (χ1) is 16.0. The molecule has 0 aliphatic carbocycles. The van der Waals surface area contributed by atoms with Gasteiger partial charge in [0, 0.05) is 30.9 Å². The maximum Gasteiger partial charge on any atom is 0.267 e. The van der Waals surface area contributed by atoms with Crippen LogP contribution in [0.4, 0.5) is 23.0 Å². The average Bonchev–Trinajstić information content (AvgIpc) is 3.27. The summed E-state index contributed by atoms with van der Waals surface area (Å²) < 4.78 is 11.3. The van der Waals surface area contributed by atoms with Crippen molar-refractivity contribution in [3.63, 3.8) is 0 Å². The third kappa shape index (κ3) is 4.77. The minimum atomic E-state index is -0.337. The molecule has 0 saturated heterocycles. The van der Waals surface area contributed by atoms with Crippen LogP contribution in [0.3, 0.4) is 0 Å². The fraction of sp³-hybridized carbons (Fsp3) is 0.167. The molecule has 0 radical (unpaired) electrons.